The molecule has 0 fully saturated rings. The van der Waals surface area contributed by atoms with Crippen molar-refractivity contribution in [1.29, 1.82) is 0 Å². The zero-order chi connectivity index (χ0) is 11.9. The quantitative estimate of drug-likeness (QED) is 0.566. The summed E-state index contributed by atoms with van der Waals surface area (Å²) in [7, 11) is 1.64. The van der Waals surface area contributed by atoms with E-state index < -0.39 is 0 Å². The van der Waals surface area contributed by atoms with E-state index >= 15 is 0 Å². The summed E-state index contributed by atoms with van der Waals surface area (Å²) in [6, 6.07) is 9.73. The molecule has 0 saturated carbocycles. The van der Waals surface area contributed by atoms with Gasteiger partial charge in [0.15, 0.2) is 6.79 Å². The number of hydrogen-bond donors (Lipinski definition) is 0. The number of rotatable bonds is 6. The van der Waals surface area contributed by atoms with Crippen molar-refractivity contribution in [3.05, 3.63) is 36.5 Å². The number of hydrogen-bond acceptors (Lipinski definition) is 4. The molecular weight excluding hydrogens is 218 g/mol. The molecule has 0 spiro atoms. The molecule has 1 aromatic heterocycles. The summed E-state index contributed by atoms with van der Waals surface area (Å²) in [6.07, 6.45) is 1.75. The molecule has 0 aliphatic carbocycles. The first-order chi connectivity index (χ1) is 8.42. The molecule has 17 heavy (non-hydrogen) atoms. The van der Waals surface area contributed by atoms with Crippen LogP contribution in [-0.2, 0) is 9.47 Å². The van der Waals surface area contributed by atoms with Gasteiger partial charge in [-0.1, -0.05) is 18.2 Å². The third-order valence-corrected chi connectivity index (χ3v) is 2.33. The molecular formula is C13H15NO3. The molecule has 0 amide bonds. The van der Waals surface area contributed by atoms with E-state index in [2.05, 4.69) is 4.98 Å². The van der Waals surface area contributed by atoms with Crippen molar-refractivity contribution in [2.24, 2.45) is 0 Å². The van der Waals surface area contributed by atoms with Gasteiger partial charge in [-0.25, -0.2) is 0 Å². The van der Waals surface area contributed by atoms with E-state index in [4.69, 9.17) is 14.2 Å². The van der Waals surface area contributed by atoms with Gasteiger partial charge in [0, 0.05) is 18.7 Å². The largest absolute Gasteiger partial charge is 0.465 e. The monoisotopic (exact) mass is 233 g/mol. The number of aromatic nitrogens is 1. The second-order valence-corrected chi connectivity index (χ2v) is 3.49. The van der Waals surface area contributed by atoms with Gasteiger partial charge in [-0.3, -0.25) is 4.98 Å². The normalized spacial score (nSPS) is 10.6. The fraction of sp³-hybridized carbons (Fsp3) is 0.308. The summed E-state index contributed by atoms with van der Waals surface area (Å²) in [4.78, 5) is 4.29. The Kier molecular flexibility index (Phi) is 4.30. The Morgan fingerprint density at radius 1 is 1.12 bits per heavy atom. The summed E-state index contributed by atoms with van der Waals surface area (Å²) in [5.41, 5.74) is 0.852. The van der Waals surface area contributed by atoms with Gasteiger partial charge in [0.25, 0.3) is 0 Å². The summed E-state index contributed by atoms with van der Waals surface area (Å²) in [6.45, 7) is 1.30. The summed E-state index contributed by atoms with van der Waals surface area (Å²) in [5.74, 6) is 0.737. The lowest BCUT2D eigenvalue weighted by atomic mass is 10.2. The van der Waals surface area contributed by atoms with Crippen LogP contribution in [0.25, 0.3) is 10.9 Å². The third kappa shape index (κ3) is 3.15. The van der Waals surface area contributed by atoms with Crippen molar-refractivity contribution in [2.75, 3.05) is 27.1 Å². The molecule has 4 nitrogen and oxygen atoms in total. The van der Waals surface area contributed by atoms with Crippen molar-refractivity contribution in [2.45, 2.75) is 0 Å². The molecule has 0 saturated heterocycles. The number of pyridine rings is 1. The predicted molar refractivity (Wildman–Crippen MR) is 65.1 cm³/mol. The Morgan fingerprint density at radius 2 is 2.00 bits per heavy atom. The maximum atomic E-state index is 5.53. The van der Waals surface area contributed by atoms with Gasteiger partial charge < -0.3 is 14.2 Å². The fourth-order valence-corrected chi connectivity index (χ4v) is 1.50. The molecule has 0 radical (unpaired) electrons. The van der Waals surface area contributed by atoms with Crippen LogP contribution in [0.1, 0.15) is 0 Å². The summed E-state index contributed by atoms with van der Waals surface area (Å²) in [5, 5.41) is 1.06. The molecule has 90 valence electrons. The van der Waals surface area contributed by atoms with Gasteiger partial charge in [-0.2, -0.15) is 0 Å². The van der Waals surface area contributed by atoms with Crippen molar-refractivity contribution in [3.63, 3.8) is 0 Å². The molecule has 2 aromatic rings. The highest BCUT2D eigenvalue weighted by molar-refractivity contribution is 5.84. The molecule has 4 heteroatoms. The van der Waals surface area contributed by atoms with Crippen LogP contribution in [0.4, 0.5) is 0 Å². The molecule has 0 bridgehead atoms. The van der Waals surface area contributed by atoms with Crippen molar-refractivity contribution in [1.82, 2.24) is 4.98 Å². The highest BCUT2D eigenvalue weighted by atomic mass is 16.7. The molecule has 0 aliphatic heterocycles. The molecule has 1 aromatic carbocycles. The van der Waals surface area contributed by atoms with Crippen LogP contribution in [-0.4, -0.2) is 32.1 Å². The zero-order valence-electron chi connectivity index (χ0n) is 9.76. The Labute approximate surface area is 100 Å². The van der Waals surface area contributed by atoms with Crippen LogP contribution in [0.3, 0.4) is 0 Å². The maximum absolute atomic E-state index is 5.53. The molecule has 0 atom stereocenters. The first-order valence-corrected chi connectivity index (χ1v) is 5.45. The Balaban J connectivity index is 1.98. The number of benzene rings is 1. The number of ether oxygens (including phenoxy) is 3. The summed E-state index contributed by atoms with van der Waals surface area (Å²) >= 11 is 0. The van der Waals surface area contributed by atoms with E-state index in [1.807, 2.05) is 30.3 Å². The highest BCUT2D eigenvalue weighted by Gasteiger charge is 2.01. The number of nitrogens with zero attached hydrogens (tertiary/aromatic N) is 1. The van der Waals surface area contributed by atoms with Crippen molar-refractivity contribution < 1.29 is 14.2 Å². The number of fused-ring (bicyclic) bond motifs is 1. The van der Waals surface area contributed by atoms with E-state index in [-0.39, 0.29) is 6.79 Å². The average molecular weight is 233 g/mol. The minimum absolute atomic E-state index is 0.207. The lowest BCUT2D eigenvalue weighted by Gasteiger charge is -2.08. The summed E-state index contributed by atoms with van der Waals surface area (Å²) < 4.78 is 15.6. The van der Waals surface area contributed by atoms with Crippen LogP contribution < -0.4 is 4.74 Å². The van der Waals surface area contributed by atoms with Gasteiger partial charge in [0.1, 0.15) is 11.3 Å². The van der Waals surface area contributed by atoms with E-state index in [1.165, 1.54) is 0 Å². The lowest BCUT2D eigenvalue weighted by molar-refractivity contribution is -0.00788. The van der Waals surface area contributed by atoms with E-state index in [0.717, 1.165) is 16.7 Å². The van der Waals surface area contributed by atoms with Crippen LogP contribution in [0.2, 0.25) is 0 Å². The minimum atomic E-state index is 0.207. The molecule has 0 aliphatic rings. The maximum Gasteiger partial charge on any atom is 0.189 e. The minimum Gasteiger partial charge on any atom is -0.465 e. The van der Waals surface area contributed by atoms with Crippen LogP contribution in [0, 0.1) is 0 Å². The number of para-hydroxylation sites is 1. The van der Waals surface area contributed by atoms with Gasteiger partial charge in [-0.15, -0.1) is 0 Å². The third-order valence-electron chi connectivity index (χ3n) is 2.33. The van der Waals surface area contributed by atoms with Crippen molar-refractivity contribution >= 4 is 10.9 Å². The average Bonchev–Trinajstić information content (AvgIpc) is 2.39. The molecule has 1 heterocycles. The van der Waals surface area contributed by atoms with Crippen molar-refractivity contribution in [3.8, 4) is 5.75 Å². The van der Waals surface area contributed by atoms with Gasteiger partial charge >= 0.3 is 0 Å². The fourth-order valence-electron chi connectivity index (χ4n) is 1.50. The zero-order valence-corrected chi connectivity index (χ0v) is 9.76. The smallest absolute Gasteiger partial charge is 0.189 e. The topological polar surface area (TPSA) is 40.6 Å². The van der Waals surface area contributed by atoms with Gasteiger partial charge in [-0.05, 0) is 12.1 Å². The van der Waals surface area contributed by atoms with E-state index in [0.29, 0.717) is 13.2 Å². The standard InChI is InChI=1S/C13H15NO3/c1-15-8-9-16-10-17-12-6-2-4-11-5-3-7-14-13(11)12/h2-7H,8-10H2,1H3. The van der Waals surface area contributed by atoms with E-state index in [1.54, 1.807) is 13.3 Å². The number of methoxy groups -OCH3 is 1. The lowest BCUT2D eigenvalue weighted by Crippen LogP contribution is -2.08. The molecule has 2 rings (SSSR count). The van der Waals surface area contributed by atoms with Crippen LogP contribution in [0.15, 0.2) is 36.5 Å². The second-order valence-electron chi connectivity index (χ2n) is 3.49. The van der Waals surface area contributed by atoms with Crippen LogP contribution in [0.5, 0.6) is 5.75 Å². The Morgan fingerprint density at radius 3 is 2.88 bits per heavy atom. The second kappa shape index (κ2) is 6.18. The molecule has 0 unspecified atom stereocenters. The highest BCUT2D eigenvalue weighted by Crippen LogP contribution is 2.22. The molecule has 0 N–H and O–H groups in total. The SMILES string of the molecule is COCCOCOc1cccc2cccnc12. The predicted octanol–water partition coefficient (Wildman–Crippen LogP) is 2.23. The van der Waals surface area contributed by atoms with Gasteiger partial charge in [0.2, 0.25) is 0 Å². The Bertz CT molecular complexity index is 468. The van der Waals surface area contributed by atoms with E-state index in [9.17, 15) is 0 Å². The van der Waals surface area contributed by atoms with Crippen LogP contribution >= 0.6 is 0 Å². The van der Waals surface area contributed by atoms with Gasteiger partial charge in [0.05, 0.1) is 13.2 Å². The Hall–Kier alpha value is -1.65. The first-order valence-electron chi connectivity index (χ1n) is 5.45. The first kappa shape index (κ1) is 11.8.